The summed E-state index contributed by atoms with van der Waals surface area (Å²) in [6.07, 6.45) is -5.65. The van der Waals surface area contributed by atoms with Gasteiger partial charge in [-0.2, -0.15) is 13.2 Å². The fourth-order valence-corrected chi connectivity index (χ4v) is 1.35. The number of aromatic carboxylic acids is 1. The number of carboxylic acid groups (broad SMARTS) is 1. The molecule has 0 aromatic carbocycles. The van der Waals surface area contributed by atoms with Crippen LogP contribution in [-0.2, 0) is 6.42 Å². The van der Waals surface area contributed by atoms with Crippen LogP contribution in [0.15, 0.2) is 0 Å². The quantitative estimate of drug-likeness (QED) is 0.848. The maximum Gasteiger partial charge on any atom is 0.396 e. The smallest absolute Gasteiger partial charge is 0.396 e. The molecule has 0 unspecified atom stereocenters. The Kier molecular flexibility index (Phi) is 3.16. The molecule has 0 aliphatic heterocycles. The number of hydrogen-bond acceptors (Lipinski definition) is 3. The number of rotatable bonds is 2. The lowest BCUT2D eigenvalue weighted by Gasteiger charge is -2.09. The average molecular weight is 234 g/mol. The van der Waals surface area contributed by atoms with Crippen molar-refractivity contribution in [3.05, 3.63) is 22.8 Å². The Morgan fingerprint density at radius 2 is 1.69 bits per heavy atom. The van der Waals surface area contributed by atoms with Gasteiger partial charge >= 0.3 is 12.1 Å². The summed E-state index contributed by atoms with van der Waals surface area (Å²) < 4.78 is 36.2. The van der Waals surface area contributed by atoms with Crippen molar-refractivity contribution in [2.45, 2.75) is 26.4 Å². The molecule has 0 aliphatic rings. The van der Waals surface area contributed by atoms with Crippen molar-refractivity contribution < 1.29 is 23.1 Å². The molecule has 7 heteroatoms. The highest BCUT2D eigenvalue weighted by atomic mass is 19.4. The molecule has 0 fully saturated rings. The van der Waals surface area contributed by atoms with E-state index in [0.717, 1.165) is 0 Å². The van der Waals surface area contributed by atoms with Crippen LogP contribution in [0.1, 0.15) is 27.6 Å². The number of nitrogens with zero attached hydrogens (tertiary/aromatic N) is 2. The summed E-state index contributed by atoms with van der Waals surface area (Å²) in [6.45, 7) is 2.69. The van der Waals surface area contributed by atoms with E-state index in [-0.39, 0.29) is 17.0 Å². The second kappa shape index (κ2) is 4.07. The molecule has 1 aromatic rings. The molecule has 0 saturated heterocycles. The minimum absolute atomic E-state index is 0.0410. The third-order valence-electron chi connectivity index (χ3n) is 1.89. The maximum atomic E-state index is 12.1. The van der Waals surface area contributed by atoms with E-state index in [1.54, 1.807) is 0 Å². The van der Waals surface area contributed by atoms with Gasteiger partial charge in [0.2, 0.25) is 0 Å². The number of carboxylic acids is 1. The predicted octanol–water partition coefficient (Wildman–Crippen LogP) is 1.90. The third kappa shape index (κ3) is 2.91. The second-order valence-electron chi connectivity index (χ2n) is 3.28. The lowest BCUT2D eigenvalue weighted by atomic mass is 10.1. The normalized spacial score (nSPS) is 11.6. The van der Waals surface area contributed by atoms with Crippen LogP contribution >= 0.6 is 0 Å². The van der Waals surface area contributed by atoms with E-state index >= 15 is 0 Å². The van der Waals surface area contributed by atoms with E-state index < -0.39 is 24.4 Å². The third-order valence-corrected chi connectivity index (χ3v) is 1.89. The van der Waals surface area contributed by atoms with E-state index in [1.165, 1.54) is 13.8 Å². The fraction of sp³-hybridized carbons (Fsp3) is 0.444. The van der Waals surface area contributed by atoms with Gasteiger partial charge in [0.05, 0.1) is 11.4 Å². The fourth-order valence-electron chi connectivity index (χ4n) is 1.35. The van der Waals surface area contributed by atoms with Gasteiger partial charge in [-0.1, -0.05) is 0 Å². The Bertz CT molecular complexity index is 406. The van der Waals surface area contributed by atoms with Crippen molar-refractivity contribution in [1.29, 1.82) is 0 Å². The molecule has 0 aliphatic carbocycles. The zero-order valence-electron chi connectivity index (χ0n) is 8.59. The van der Waals surface area contributed by atoms with Crippen molar-refractivity contribution in [3.8, 4) is 0 Å². The number of carbonyl (C=O) groups is 1. The molecule has 4 nitrogen and oxygen atoms in total. The van der Waals surface area contributed by atoms with Gasteiger partial charge in [-0.3, -0.25) is 0 Å². The van der Waals surface area contributed by atoms with E-state index in [2.05, 4.69) is 9.97 Å². The Morgan fingerprint density at radius 3 is 2.00 bits per heavy atom. The highest BCUT2D eigenvalue weighted by Crippen LogP contribution is 2.20. The highest BCUT2D eigenvalue weighted by Gasteiger charge is 2.30. The summed E-state index contributed by atoms with van der Waals surface area (Å²) in [7, 11) is 0. The standard InChI is InChI=1S/C9H9F3N2O2/c1-4-7(8(15)16)5(2)14-6(13-4)3-9(10,11)12/h3H2,1-2H3,(H,15,16). The number of hydrogen-bond donors (Lipinski definition) is 1. The van der Waals surface area contributed by atoms with Gasteiger partial charge in [0.25, 0.3) is 0 Å². The van der Waals surface area contributed by atoms with Crippen molar-refractivity contribution in [1.82, 2.24) is 9.97 Å². The minimum Gasteiger partial charge on any atom is -0.478 e. The van der Waals surface area contributed by atoms with Gasteiger partial charge in [0.15, 0.2) is 0 Å². The number of aryl methyl sites for hydroxylation is 2. The molecule has 0 atom stereocenters. The van der Waals surface area contributed by atoms with Crippen LogP contribution in [0, 0.1) is 13.8 Å². The first-order valence-corrected chi connectivity index (χ1v) is 4.35. The molecule has 1 N–H and O–H groups in total. The van der Waals surface area contributed by atoms with Gasteiger partial charge in [0.1, 0.15) is 17.8 Å². The number of halogens is 3. The zero-order valence-corrected chi connectivity index (χ0v) is 8.59. The van der Waals surface area contributed by atoms with E-state index in [9.17, 15) is 18.0 Å². The summed E-state index contributed by atoms with van der Waals surface area (Å²) in [5.74, 6) is -1.65. The summed E-state index contributed by atoms with van der Waals surface area (Å²) >= 11 is 0. The van der Waals surface area contributed by atoms with Gasteiger partial charge in [0, 0.05) is 0 Å². The SMILES string of the molecule is Cc1nc(CC(F)(F)F)nc(C)c1C(=O)O. The van der Waals surface area contributed by atoms with Crippen LogP contribution in [0.25, 0.3) is 0 Å². The first kappa shape index (κ1) is 12.4. The summed E-state index contributed by atoms with van der Waals surface area (Å²) in [5, 5.41) is 8.77. The molecule has 1 rings (SSSR count). The van der Waals surface area contributed by atoms with E-state index in [0.29, 0.717) is 0 Å². The lowest BCUT2D eigenvalue weighted by Crippen LogP contribution is -2.17. The molecule has 1 heterocycles. The van der Waals surface area contributed by atoms with Gasteiger partial charge in [-0.25, -0.2) is 14.8 Å². The van der Waals surface area contributed by atoms with E-state index in [4.69, 9.17) is 5.11 Å². The van der Waals surface area contributed by atoms with Crippen molar-refractivity contribution >= 4 is 5.97 Å². The van der Waals surface area contributed by atoms with Gasteiger partial charge in [-0.05, 0) is 13.8 Å². The van der Waals surface area contributed by atoms with Gasteiger partial charge < -0.3 is 5.11 Å². The first-order valence-electron chi connectivity index (χ1n) is 4.35. The summed E-state index contributed by atoms with van der Waals surface area (Å²) in [5.41, 5.74) is -0.0653. The molecule has 0 saturated carbocycles. The molecule has 88 valence electrons. The van der Waals surface area contributed by atoms with Crippen molar-refractivity contribution in [2.75, 3.05) is 0 Å². The monoisotopic (exact) mass is 234 g/mol. The predicted molar refractivity (Wildman–Crippen MR) is 48.2 cm³/mol. The lowest BCUT2D eigenvalue weighted by molar-refractivity contribution is -0.128. The van der Waals surface area contributed by atoms with Crippen molar-refractivity contribution in [3.63, 3.8) is 0 Å². The first-order chi connectivity index (χ1) is 7.20. The highest BCUT2D eigenvalue weighted by molar-refractivity contribution is 5.89. The second-order valence-corrected chi connectivity index (χ2v) is 3.28. The molecule has 0 radical (unpaired) electrons. The zero-order chi connectivity index (χ0) is 12.5. The summed E-state index contributed by atoms with van der Waals surface area (Å²) in [4.78, 5) is 17.8. The van der Waals surface area contributed by atoms with Crippen LogP contribution in [0.3, 0.4) is 0 Å². The van der Waals surface area contributed by atoms with Crippen LogP contribution in [0.4, 0.5) is 13.2 Å². The maximum absolute atomic E-state index is 12.1. The molecule has 0 bridgehead atoms. The van der Waals surface area contributed by atoms with Crippen LogP contribution < -0.4 is 0 Å². The van der Waals surface area contributed by atoms with E-state index in [1.807, 2.05) is 0 Å². The Hall–Kier alpha value is -1.66. The average Bonchev–Trinajstić information content (AvgIpc) is 1.96. The molecule has 0 spiro atoms. The van der Waals surface area contributed by atoms with Gasteiger partial charge in [-0.15, -0.1) is 0 Å². The Labute approximate surface area is 89.1 Å². The molecule has 1 aromatic heterocycles. The number of aromatic nitrogens is 2. The Balaban J connectivity index is 3.15. The molecule has 0 amide bonds. The molecular weight excluding hydrogens is 225 g/mol. The minimum atomic E-state index is -4.40. The molecular formula is C9H9F3N2O2. The van der Waals surface area contributed by atoms with Crippen LogP contribution in [0.5, 0.6) is 0 Å². The largest absolute Gasteiger partial charge is 0.478 e. The number of alkyl halides is 3. The van der Waals surface area contributed by atoms with Crippen LogP contribution in [0.2, 0.25) is 0 Å². The summed E-state index contributed by atoms with van der Waals surface area (Å²) in [6, 6.07) is 0. The molecule has 16 heavy (non-hydrogen) atoms. The van der Waals surface area contributed by atoms with Crippen LogP contribution in [-0.4, -0.2) is 27.2 Å². The van der Waals surface area contributed by atoms with Crippen molar-refractivity contribution in [2.24, 2.45) is 0 Å². The topological polar surface area (TPSA) is 63.1 Å². The Morgan fingerprint density at radius 1 is 1.25 bits per heavy atom.